The SMILES string of the molecule is COc1nccc(N(C)C)c1NCC1CCNCC1. The monoisotopic (exact) mass is 264 g/mol. The van der Waals surface area contributed by atoms with Gasteiger partial charge in [0.2, 0.25) is 5.88 Å². The number of piperidine rings is 1. The Hall–Kier alpha value is -1.49. The van der Waals surface area contributed by atoms with Gasteiger partial charge in [-0.15, -0.1) is 0 Å². The molecule has 1 saturated heterocycles. The molecule has 0 radical (unpaired) electrons. The predicted molar refractivity (Wildman–Crippen MR) is 79.2 cm³/mol. The Morgan fingerprint density at radius 1 is 1.42 bits per heavy atom. The van der Waals surface area contributed by atoms with Gasteiger partial charge in [-0.05, 0) is 37.9 Å². The molecule has 1 fully saturated rings. The van der Waals surface area contributed by atoms with Gasteiger partial charge in [0, 0.05) is 26.8 Å². The third-order valence-corrected chi connectivity index (χ3v) is 3.60. The van der Waals surface area contributed by atoms with Crippen LogP contribution in [0.1, 0.15) is 12.8 Å². The first-order valence-corrected chi connectivity index (χ1v) is 6.87. The fourth-order valence-electron chi connectivity index (χ4n) is 2.46. The number of nitrogens with zero attached hydrogens (tertiary/aromatic N) is 2. The smallest absolute Gasteiger partial charge is 0.239 e. The molecule has 1 aliphatic heterocycles. The molecule has 5 nitrogen and oxygen atoms in total. The summed E-state index contributed by atoms with van der Waals surface area (Å²) in [6.07, 6.45) is 4.24. The zero-order valence-corrected chi connectivity index (χ0v) is 12.1. The van der Waals surface area contributed by atoms with E-state index in [4.69, 9.17) is 4.74 Å². The van der Waals surface area contributed by atoms with Crippen LogP contribution >= 0.6 is 0 Å². The number of anilines is 2. The molecule has 2 rings (SSSR count). The second-order valence-corrected chi connectivity index (χ2v) is 5.18. The number of rotatable bonds is 5. The molecule has 1 aromatic heterocycles. The third-order valence-electron chi connectivity index (χ3n) is 3.60. The van der Waals surface area contributed by atoms with Gasteiger partial charge >= 0.3 is 0 Å². The quantitative estimate of drug-likeness (QED) is 0.845. The van der Waals surface area contributed by atoms with Gasteiger partial charge in [0.15, 0.2) is 0 Å². The fraction of sp³-hybridized carbons (Fsp3) is 0.643. The van der Waals surface area contributed by atoms with E-state index < -0.39 is 0 Å². The second kappa shape index (κ2) is 6.61. The normalized spacial score (nSPS) is 16.2. The van der Waals surface area contributed by atoms with Crippen LogP contribution in [0.25, 0.3) is 0 Å². The van der Waals surface area contributed by atoms with E-state index in [0.29, 0.717) is 5.88 Å². The Kier molecular flexibility index (Phi) is 4.85. The molecule has 0 unspecified atom stereocenters. The topological polar surface area (TPSA) is 49.4 Å². The molecule has 5 heteroatoms. The van der Waals surface area contributed by atoms with Crippen molar-refractivity contribution in [3.63, 3.8) is 0 Å². The first-order chi connectivity index (χ1) is 9.22. The van der Waals surface area contributed by atoms with Crippen LogP contribution in [0.4, 0.5) is 11.4 Å². The van der Waals surface area contributed by atoms with E-state index >= 15 is 0 Å². The van der Waals surface area contributed by atoms with Crippen molar-refractivity contribution in [1.82, 2.24) is 10.3 Å². The molecule has 2 N–H and O–H groups in total. The van der Waals surface area contributed by atoms with Crippen LogP contribution in [0.15, 0.2) is 12.3 Å². The highest BCUT2D eigenvalue weighted by Gasteiger charge is 2.16. The molecule has 1 aromatic rings. The molecule has 1 aliphatic rings. The lowest BCUT2D eigenvalue weighted by Crippen LogP contribution is -2.31. The summed E-state index contributed by atoms with van der Waals surface area (Å²) in [7, 11) is 5.73. The van der Waals surface area contributed by atoms with Crippen molar-refractivity contribution in [2.75, 3.05) is 51.1 Å². The fourth-order valence-corrected chi connectivity index (χ4v) is 2.46. The lowest BCUT2D eigenvalue weighted by molar-refractivity contribution is 0.385. The van der Waals surface area contributed by atoms with Gasteiger partial charge in [-0.3, -0.25) is 0 Å². The first-order valence-electron chi connectivity index (χ1n) is 6.87. The molecular formula is C14H24N4O. The van der Waals surface area contributed by atoms with E-state index in [1.54, 1.807) is 13.3 Å². The van der Waals surface area contributed by atoms with Gasteiger partial charge in [0.1, 0.15) is 5.69 Å². The minimum absolute atomic E-state index is 0.667. The van der Waals surface area contributed by atoms with Crippen molar-refractivity contribution in [1.29, 1.82) is 0 Å². The molecule has 0 bridgehead atoms. The number of methoxy groups -OCH3 is 1. The summed E-state index contributed by atoms with van der Waals surface area (Å²) in [4.78, 5) is 6.36. The van der Waals surface area contributed by atoms with Crippen LogP contribution in [0.2, 0.25) is 0 Å². The summed E-state index contributed by atoms with van der Waals surface area (Å²) in [5, 5.41) is 6.92. The van der Waals surface area contributed by atoms with Gasteiger partial charge in [0.25, 0.3) is 0 Å². The first kappa shape index (κ1) is 13.9. The van der Waals surface area contributed by atoms with Crippen LogP contribution in [0, 0.1) is 5.92 Å². The van der Waals surface area contributed by atoms with Crippen LogP contribution in [0.3, 0.4) is 0 Å². The van der Waals surface area contributed by atoms with Crippen molar-refractivity contribution in [2.45, 2.75) is 12.8 Å². The zero-order valence-electron chi connectivity index (χ0n) is 12.1. The molecule has 0 saturated carbocycles. The van der Waals surface area contributed by atoms with E-state index in [0.717, 1.165) is 36.9 Å². The summed E-state index contributed by atoms with van der Waals surface area (Å²) in [6.45, 7) is 3.22. The minimum atomic E-state index is 0.667. The molecule has 0 aliphatic carbocycles. The predicted octanol–water partition coefficient (Wildman–Crippen LogP) is 1.57. The lowest BCUT2D eigenvalue weighted by Gasteiger charge is -2.25. The highest BCUT2D eigenvalue weighted by molar-refractivity contribution is 5.74. The van der Waals surface area contributed by atoms with E-state index in [-0.39, 0.29) is 0 Å². The van der Waals surface area contributed by atoms with E-state index in [1.165, 1.54) is 12.8 Å². The summed E-state index contributed by atoms with van der Waals surface area (Å²) in [5.74, 6) is 1.39. The summed E-state index contributed by atoms with van der Waals surface area (Å²) in [5.41, 5.74) is 2.11. The maximum Gasteiger partial charge on any atom is 0.239 e. The number of nitrogens with one attached hydrogen (secondary N) is 2. The Balaban J connectivity index is 2.08. The van der Waals surface area contributed by atoms with Gasteiger partial charge < -0.3 is 20.3 Å². The van der Waals surface area contributed by atoms with Crippen molar-refractivity contribution in [2.24, 2.45) is 5.92 Å². The molecule has 106 valence electrons. The number of hydrogen-bond acceptors (Lipinski definition) is 5. The molecule has 0 amide bonds. The van der Waals surface area contributed by atoms with Gasteiger partial charge in [-0.1, -0.05) is 0 Å². The van der Waals surface area contributed by atoms with Crippen molar-refractivity contribution < 1.29 is 4.74 Å². The van der Waals surface area contributed by atoms with Crippen molar-refractivity contribution >= 4 is 11.4 Å². The van der Waals surface area contributed by atoms with E-state index in [1.807, 2.05) is 20.2 Å². The summed E-state index contributed by atoms with van der Waals surface area (Å²) >= 11 is 0. The number of aromatic nitrogens is 1. The second-order valence-electron chi connectivity index (χ2n) is 5.18. The van der Waals surface area contributed by atoms with Gasteiger partial charge in [-0.2, -0.15) is 0 Å². The molecule has 19 heavy (non-hydrogen) atoms. The molecule has 0 spiro atoms. The summed E-state index contributed by atoms with van der Waals surface area (Å²) < 4.78 is 5.36. The molecule has 0 atom stereocenters. The Labute approximate surface area is 115 Å². The van der Waals surface area contributed by atoms with E-state index in [9.17, 15) is 0 Å². The number of hydrogen-bond donors (Lipinski definition) is 2. The minimum Gasteiger partial charge on any atom is -0.479 e. The van der Waals surface area contributed by atoms with Crippen LogP contribution in [0.5, 0.6) is 5.88 Å². The van der Waals surface area contributed by atoms with Crippen molar-refractivity contribution in [3.8, 4) is 5.88 Å². The molecular weight excluding hydrogens is 240 g/mol. The molecule has 2 heterocycles. The van der Waals surface area contributed by atoms with Crippen molar-refractivity contribution in [3.05, 3.63) is 12.3 Å². The Morgan fingerprint density at radius 2 is 2.16 bits per heavy atom. The lowest BCUT2D eigenvalue weighted by atomic mass is 9.98. The summed E-state index contributed by atoms with van der Waals surface area (Å²) in [6, 6.07) is 2.01. The Morgan fingerprint density at radius 3 is 2.79 bits per heavy atom. The van der Waals surface area contributed by atoms with Gasteiger partial charge in [0.05, 0.1) is 12.8 Å². The third kappa shape index (κ3) is 3.50. The van der Waals surface area contributed by atoms with Crippen LogP contribution in [-0.2, 0) is 0 Å². The Bertz CT molecular complexity index is 402. The maximum atomic E-state index is 5.36. The highest BCUT2D eigenvalue weighted by atomic mass is 16.5. The van der Waals surface area contributed by atoms with Crippen LogP contribution < -0.4 is 20.3 Å². The average molecular weight is 264 g/mol. The van der Waals surface area contributed by atoms with Gasteiger partial charge in [-0.25, -0.2) is 4.98 Å². The highest BCUT2D eigenvalue weighted by Crippen LogP contribution is 2.32. The van der Waals surface area contributed by atoms with E-state index in [2.05, 4.69) is 20.5 Å². The zero-order chi connectivity index (χ0) is 13.7. The standard InChI is InChI=1S/C14H24N4O/c1-18(2)12-6-9-16-14(19-3)13(12)17-10-11-4-7-15-8-5-11/h6,9,11,15,17H,4-5,7-8,10H2,1-3H3. The number of ether oxygens (including phenoxy) is 1. The average Bonchev–Trinajstić information content (AvgIpc) is 2.45. The van der Waals surface area contributed by atoms with Crippen LogP contribution in [-0.4, -0.2) is 45.8 Å². The maximum absolute atomic E-state index is 5.36. The largest absolute Gasteiger partial charge is 0.479 e. The number of pyridine rings is 1. The molecule has 0 aromatic carbocycles.